The Kier molecular flexibility index (Phi) is 4.26. The molecule has 4 N–H and O–H groups in total. The van der Waals surface area contributed by atoms with E-state index in [2.05, 4.69) is 5.32 Å². The highest BCUT2D eigenvalue weighted by Crippen LogP contribution is 2.10. The average Bonchev–Trinajstić information content (AvgIpc) is 2.14. The molecule has 1 unspecified atom stereocenters. The highest BCUT2D eigenvalue weighted by atomic mass is 32.2. The van der Waals surface area contributed by atoms with Crippen LogP contribution in [0.3, 0.4) is 0 Å². The van der Waals surface area contributed by atoms with Crippen molar-refractivity contribution in [3.63, 3.8) is 0 Å². The minimum atomic E-state index is -1.89. The molecule has 0 radical (unpaired) electrons. The maximum atomic E-state index is 10.7. The van der Waals surface area contributed by atoms with Gasteiger partial charge in [0, 0.05) is 5.69 Å². The maximum absolute atomic E-state index is 10.7. The van der Waals surface area contributed by atoms with E-state index in [1.54, 1.807) is 24.3 Å². The molecular formula is C9H12N2O3S. The molecular weight excluding hydrogens is 216 g/mol. The number of hydrogen-bond donors (Lipinski definition) is 3. The summed E-state index contributed by atoms with van der Waals surface area (Å²) in [5.41, 5.74) is 6.51. The molecule has 0 fully saturated rings. The van der Waals surface area contributed by atoms with Gasteiger partial charge in [-0.15, -0.1) is 0 Å². The molecule has 0 heterocycles. The Bertz CT molecular complexity index is 381. The number of hydrogen-bond acceptors (Lipinski definition) is 3. The molecule has 0 aliphatic heterocycles. The Morgan fingerprint density at radius 3 is 2.87 bits per heavy atom. The van der Waals surface area contributed by atoms with Crippen molar-refractivity contribution in [2.45, 2.75) is 6.42 Å². The Labute approximate surface area is 90.0 Å². The van der Waals surface area contributed by atoms with E-state index in [9.17, 15) is 9.00 Å². The van der Waals surface area contributed by atoms with Crippen molar-refractivity contribution in [1.29, 1.82) is 0 Å². The zero-order valence-electron chi connectivity index (χ0n) is 7.97. The number of primary amides is 1. The minimum Gasteiger partial charge on any atom is -0.372 e. The highest BCUT2D eigenvalue weighted by Gasteiger charge is 2.00. The number of carbonyl (C=O) groups excluding carboxylic acids is 1. The van der Waals surface area contributed by atoms with Crippen LogP contribution >= 0.6 is 0 Å². The van der Waals surface area contributed by atoms with Crippen molar-refractivity contribution in [2.24, 2.45) is 5.73 Å². The van der Waals surface area contributed by atoms with Crippen LogP contribution in [0.4, 0.5) is 5.69 Å². The van der Waals surface area contributed by atoms with Crippen LogP contribution < -0.4 is 11.1 Å². The molecule has 0 aromatic heterocycles. The van der Waals surface area contributed by atoms with Crippen molar-refractivity contribution in [2.75, 3.05) is 11.2 Å². The van der Waals surface area contributed by atoms with Gasteiger partial charge >= 0.3 is 0 Å². The molecule has 1 aromatic carbocycles. The van der Waals surface area contributed by atoms with Gasteiger partial charge in [0.1, 0.15) is 5.88 Å². The number of anilines is 1. The zero-order valence-corrected chi connectivity index (χ0v) is 8.79. The van der Waals surface area contributed by atoms with Gasteiger partial charge in [-0.25, -0.2) is 4.21 Å². The van der Waals surface area contributed by atoms with Crippen molar-refractivity contribution in [1.82, 2.24) is 0 Å². The van der Waals surface area contributed by atoms with Crippen LogP contribution in [0.25, 0.3) is 0 Å². The third kappa shape index (κ3) is 4.57. The lowest BCUT2D eigenvalue weighted by molar-refractivity contribution is -0.117. The Morgan fingerprint density at radius 1 is 1.53 bits per heavy atom. The Hall–Kier alpha value is -1.40. The molecule has 1 rings (SSSR count). The van der Waals surface area contributed by atoms with Crippen molar-refractivity contribution < 1.29 is 13.6 Å². The molecule has 0 bridgehead atoms. The van der Waals surface area contributed by atoms with Crippen molar-refractivity contribution >= 4 is 22.7 Å². The second-order valence-corrected chi connectivity index (χ2v) is 3.92. The molecule has 82 valence electrons. The van der Waals surface area contributed by atoms with Gasteiger partial charge in [-0.2, -0.15) is 0 Å². The largest absolute Gasteiger partial charge is 0.372 e. The van der Waals surface area contributed by atoms with Crippen LogP contribution in [0.2, 0.25) is 0 Å². The van der Waals surface area contributed by atoms with E-state index in [1.165, 1.54) is 0 Å². The number of rotatable bonds is 5. The third-order valence-corrected chi connectivity index (χ3v) is 2.10. The summed E-state index contributed by atoms with van der Waals surface area (Å²) in [4.78, 5) is 10.7. The van der Waals surface area contributed by atoms with Gasteiger partial charge in [0.2, 0.25) is 5.91 Å². The fraction of sp³-hybridized carbons (Fsp3) is 0.222. The molecule has 0 aliphatic carbocycles. The molecule has 1 atom stereocenters. The van der Waals surface area contributed by atoms with E-state index in [0.29, 0.717) is 5.69 Å². The predicted molar refractivity (Wildman–Crippen MR) is 58.6 cm³/mol. The first-order valence-electron chi connectivity index (χ1n) is 4.26. The molecule has 1 amide bonds. The van der Waals surface area contributed by atoms with Gasteiger partial charge in [0.25, 0.3) is 0 Å². The van der Waals surface area contributed by atoms with Crippen molar-refractivity contribution in [3.8, 4) is 0 Å². The molecule has 0 spiro atoms. The van der Waals surface area contributed by atoms with E-state index in [4.69, 9.17) is 10.3 Å². The minimum absolute atomic E-state index is 0.0416. The molecule has 6 heteroatoms. The van der Waals surface area contributed by atoms with E-state index < -0.39 is 17.0 Å². The monoisotopic (exact) mass is 228 g/mol. The van der Waals surface area contributed by atoms with Gasteiger partial charge in [-0.3, -0.25) is 4.79 Å². The van der Waals surface area contributed by atoms with E-state index in [0.717, 1.165) is 5.56 Å². The summed E-state index contributed by atoms with van der Waals surface area (Å²) in [5.74, 6) is -0.446. The number of nitrogens with two attached hydrogens (primary N) is 1. The number of benzene rings is 1. The quantitative estimate of drug-likeness (QED) is 0.632. The average molecular weight is 228 g/mol. The standard InChI is InChI=1S/C9H12N2O3S/c10-9(12)5-7-2-1-3-8(4-7)11-6-15(13)14/h1-4,11H,5-6H2,(H2,10,12)(H,13,14). The molecule has 1 aromatic rings. The lowest BCUT2D eigenvalue weighted by Crippen LogP contribution is -2.14. The molecule has 15 heavy (non-hydrogen) atoms. The SMILES string of the molecule is NC(=O)Cc1cccc(NCS(=O)O)c1. The third-order valence-electron chi connectivity index (χ3n) is 1.71. The lowest BCUT2D eigenvalue weighted by Gasteiger charge is -2.05. The molecule has 5 nitrogen and oxygen atoms in total. The first-order valence-corrected chi connectivity index (χ1v) is 5.54. The van der Waals surface area contributed by atoms with Gasteiger partial charge < -0.3 is 15.6 Å². The molecule has 0 saturated carbocycles. The Morgan fingerprint density at radius 2 is 2.27 bits per heavy atom. The van der Waals surface area contributed by atoms with Crippen LogP contribution in [-0.4, -0.2) is 20.5 Å². The topological polar surface area (TPSA) is 92.4 Å². The summed E-state index contributed by atoms with van der Waals surface area (Å²) < 4.78 is 19.0. The summed E-state index contributed by atoms with van der Waals surface area (Å²) >= 11 is -1.89. The van der Waals surface area contributed by atoms with E-state index >= 15 is 0 Å². The summed E-state index contributed by atoms with van der Waals surface area (Å²) in [5, 5.41) is 2.76. The van der Waals surface area contributed by atoms with Gasteiger partial charge in [-0.1, -0.05) is 12.1 Å². The lowest BCUT2D eigenvalue weighted by atomic mass is 10.1. The maximum Gasteiger partial charge on any atom is 0.221 e. The second kappa shape index (κ2) is 5.47. The number of nitrogens with one attached hydrogen (secondary N) is 1. The predicted octanol–water partition coefficient (Wildman–Crippen LogP) is 0.305. The summed E-state index contributed by atoms with van der Waals surface area (Å²) in [6.45, 7) is 0. The Balaban J connectivity index is 2.65. The number of carbonyl (C=O) groups is 1. The molecule has 0 saturated heterocycles. The van der Waals surface area contributed by atoms with Crippen LogP contribution in [-0.2, 0) is 22.3 Å². The number of amides is 1. The molecule has 0 aliphatic rings. The van der Waals surface area contributed by atoms with Gasteiger partial charge in [0.05, 0.1) is 6.42 Å². The van der Waals surface area contributed by atoms with Crippen LogP contribution in [0.5, 0.6) is 0 Å². The van der Waals surface area contributed by atoms with Crippen LogP contribution in [0.15, 0.2) is 24.3 Å². The summed E-state index contributed by atoms with van der Waals surface area (Å²) in [7, 11) is 0. The summed E-state index contributed by atoms with van der Waals surface area (Å²) in [6, 6.07) is 6.99. The normalized spacial score (nSPS) is 12.1. The smallest absolute Gasteiger partial charge is 0.221 e. The van der Waals surface area contributed by atoms with Crippen LogP contribution in [0.1, 0.15) is 5.56 Å². The fourth-order valence-electron chi connectivity index (χ4n) is 1.14. The van der Waals surface area contributed by atoms with E-state index in [1.807, 2.05) is 0 Å². The van der Waals surface area contributed by atoms with Gasteiger partial charge in [0.15, 0.2) is 11.1 Å². The second-order valence-electron chi connectivity index (χ2n) is 2.99. The van der Waals surface area contributed by atoms with Crippen LogP contribution in [0, 0.1) is 0 Å². The first kappa shape index (κ1) is 11.7. The van der Waals surface area contributed by atoms with E-state index in [-0.39, 0.29) is 12.3 Å². The van der Waals surface area contributed by atoms with Gasteiger partial charge in [-0.05, 0) is 17.7 Å². The van der Waals surface area contributed by atoms with Crippen molar-refractivity contribution in [3.05, 3.63) is 29.8 Å². The fourth-order valence-corrected chi connectivity index (χ4v) is 1.43. The zero-order chi connectivity index (χ0) is 11.3. The summed E-state index contributed by atoms with van der Waals surface area (Å²) in [6.07, 6.45) is 0.164. The highest BCUT2D eigenvalue weighted by molar-refractivity contribution is 7.79. The first-order chi connectivity index (χ1) is 7.08.